The third kappa shape index (κ3) is 15.2. The molecule has 0 heterocycles. The summed E-state index contributed by atoms with van der Waals surface area (Å²) in [6.07, 6.45) is 13.9. The smallest absolute Gasteiger partial charge is 0.303 e. The highest BCUT2D eigenvalue weighted by molar-refractivity contribution is 5.66. The van der Waals surface area contributed by atoms with Gasteiger partial charge in [-0.2, -0.15) is 0 Å². The predicted octanol–water partition coefficient (Wildman–Crippen LogP) is 6.50. The van der Waals surface area contributed by atoms with Gasteiger partial charge in [0, 0.05) is 6.42 Å². The van der Waals surface area contributed by atoms with Crippen molar-refractivity contribution in [2.24, 2.45) is 0 Å². The lowest BCUT2D eigenvalue weighted by atomic mass is 10.0. The molecule has 0 saturated carbocycles. The Morgan fingerprint density at radius 2 is 1.52 bits per heavy atom. The number of rotatable bonds is 19. The monoisotopic (exact) mass is 406 g/mol. The number of carboxylic acids is 1. The van der Waals surface area contributed by atoms with Crippen molar-refractivity contribution in [3.8, 4) is 0 Å². The fraction of sp³-hybridized carbons (Fsp3) is 0.720. The number of benzene rings is 1. The Morgan fingerprint density at radius 3 is 2.17 bits per heavy atom. The zero-order valence-corrected chi connectivity index (χ0v) is 18.4. The fourth-order valence-corrected chi connectivity index (χ4v) is 3.62. The van der Waals surface area contributed by atoms with E-state index in [0.29, 0.717) is 25.9 Å². The number of aliphatic carboxylic acids is 1. The molecule has 4 nitrogen and oxygen atoms in total. The highest BCUT2D eigenvalue weighted by atomic mass is 16.5. The summed E-state index contributed by atoms with van der Waals surface area (Å²) in [5, 5.41) is 18.9. The van der Waals surface area contributed by atoms with Gasteiger partial charge < -0.3 is 14.9 Å². The molecule has 0 aliphatic rings. The number of carbonyl (C=O) groups is 1. The largest absolute Gasteiger partial charge is 0.481 e. The summed E-state index contributed by atoms with van der Waals surface area (Å²) in [6.45, 7) is 2.86. The lowest BCUT2D eigenvalue weighted by Crippen LogP contribution is -2.17. The third-order valence-corrected chi connectivity index (χ3v) is 5.46. The average molecular weight is 407 g/mol. The molecule has 0 aliphatic carbocycles. The molecule has 2 N–H and O–H groups in total. The molecule has 1 rings (SSSR count). The molecule has 166 valence electrons. The maximum absolute atomic E-state index is 10.6. The van der Waals surface area contributed by atoms with E-state index in [0.717, 1.165) is 12.8 Å². The van der Waals surface area contributed by atoms with E-state index in [9.17, 15) is 9.90 Å². The van der Waals surface area contributed by atoms with Crippen LogP contribution in [0.4, 0.5) is 0 Å². The fourth-order valence-electron chi connectivity index (χ4n) is 3.62. The minimum atomic E-state index is -0.795. The van der Waals surface area contributed by atoms with E-state index in [1.807, 2.05) is 18.2 Å². The van der Waals surface area contributed by atoms with Crippen LogP contribution in [0.15, 0.2) is 30.3 Å². The second-order valence-corrected chi connectivity index (χ2v) is 8.20. The Bertz CT molecular complexity index is 503. The summed E-state index contributed by atoms with van der Waals surface area (Å²) in [6, 6.07) is 10.2. The third-order valence-electron chi connectivity index (χ3n) is 5.46. The van der Waals surface area contributed by atoms with Crippen LogP contribution in [-0.2, 0) is 16.1 Å². The van der Waals surface area contributed by atoms with Gasteiger partial charge in [-0.25, -0.2) is 0 Å². The van der Waals surface area contributed by atoms with Gasteiger partial charge in [0.1, 0.15) is 0 Å². The average Bonchev–Trinajstić information content (AvgIpc) is 2.71. The van der Waals surface area contributed by atoms with Gasteiger partial charge in [-0.1, -0.05) is 88.6 Å². The van der Waals surface area contributed by atoms with Crippen LogP contribution in [-0.4, -0.2) is 28.4 Å². The molecular weight excluding hydrogens is 364 g/mol. The Kier molecular flexibility index (Phi) is 15.4. The topological polar surface area (TPSA) is 66.8 Å². The zero-order chi connectivity index (χ0) is 21.2. The first kappa shape index (κ1) is 25.6. The molecule has 1 aromatic rings. The van der Waals surface area contributed by atoms with Crippen molar-refractivity contribution >= 4 is 5.97 Å². The molecule has 0 bridgehead atoms. The standard InChI is InChI=1S/C25H42O4/c1-2-3-4-5-6-7-8-12-17-24(29-21-22-14-10-9-11-15-22)20-19-23(26)16-13-18-25(27)28/h9-11,14-15,23-24,26H,2-8,12-13,16-21H2,1H3,(H,27,28). The summed E-state index contributed by atoms with van der Waals surface area (Å²) in [5.41, 5.74) is 1.18. The minimum Gasteiger partial charge on any atom is -0.481 e. The molecule has 29 heavy (non-hydrogen) atoms. The highest BCUT2D eigenvalue weighted by Crippen LogP contribution is 2.18. The second kappa shape index (κ2) is 17.5. The number of aliphatic hydroxyl groups excluding tert-OH is 1. The Hall–Kier alpha value is -1.39. The molecule has 0 fully saturated rings. The SMILES string of the molecule is CCCCCCCCCCC(CCC(O)CCCC(=O)O)OCc1ccccc1. The lowest BCUT2D eigenvalue weighted by Gasteiger charge is -2.20. The molecule has 0 aliphatic heterocycles. The summed E-state index contributed by atoms with van der Waals surface area (Å²) >= 11 is 0. The van der Waals surface area contributed by atoms with Crippen molar-refractivity contribution in [3.05, 3.63) is 35.9 Å². The van der Waals surface area contributed by atoms with Crippen LogP contribution < -0.4 is 0 Å². The number of hydrogen-bond donors (Lipinski definition) is 2. The molecule has 2 atom stereocenters. The van der Waals surface area contributed by atoms with E-state index >= 15 is 0 Å². The molecule has 0 amide bonds. The number of hydrogen-bond acceptors (Lipinski definition) is 3. The van der Waals surface area contributed by atoms with Gasteiger partial charge in [0.25, 0.3) is 0 Å². The van der Waals surface area contributed by atoms with Gasteiger partial charge in [0.15, 0.2) is 0 Å². The van der Waals surface area contributed by atoms with Gasteiger partial charge in [-0.3, -0.25) is 4.79 Å². The van der Waals surface area contributed by atoms with Crippen molar-refractivity contribution in [1.29, 1.82) is 0 Å². The van der Waals surface area contributed by atoms with E-state index in [2.05, 4.69) is 19.1 Å². The summed E-state index contributed by atoms with van der Waals surface area (Å²) in [7, 11) is 0. The van der Waals surface area contributed by atoms with Crippen molar-refractivity contribution in [3.63, 3.8) is 0 Å². The van der Waals surface area contributed by atoms with E-state index in [4.69, 9.17) is 9.84 Å². The van der Waals surface area contributed by atoms with Crippen LogP contribution in [0.25, 0.3) is 0 Å². The van der Waals surface area contributed by atoms with E-state index in [1.54, 1.807) is 0 Å². The maximum Gasteiger partial charge on any atom is 0.303 e. The normalized spacial score (nSPS) is 13.3. The lowest BCUT2D eigenvalue weighted by molar-refractivity contribution is -0.137. The van der Waals surface area contributed by atoms with Crippen LogP contribution in [0.5, 0.6) is 0 Å². The van der Waals surface area contributed by atoms with E-state index in [1.165, 1.54) is 56.9 Å². The number of carboxylic acid groups (broad SMARTS) is 1. The van der Waals surface area contributed by atoms with Crippen LogP contribution in [0.2, 0.25) is 0 Å². The van der Waals surface area contributed by atoms with Crippen LogP contribution >= 0.6 is 0 Å². The van der Waals surface area contributed by atoms with Gasteiger partial charge >= 0.3 is 5.97 Å². The Labute approximate surface area is 177 Å². The number of unbranched alkanes of at least 4 members (excludes halogenated alkanes) is 7. The molecule has 0 radical (unpaired) electrons. The highest BCUT2D eigenvalue weighted by Gasteiger charge is 2.13. The Morgan fingerprint density at radius 1 is 0.862 bits per heavy atom. The first-order valence-corrected chi connectivity index (χ1v) is 11.7. The van der Waals surface area contributed by atoms with Crippen LogP contribution in [0.3, 0.4) is 0 Å². The van der Waals surface area contributed by atoms with Crippen molar-refractivity contribution in [1.82, 2.24) is 0 Å². The maximum atomic E-state index is 10.6. The van der Waals surface area contributed by atoms with E-state index in [-0.39, 0.29) is 12.5 Å². The number of aliphatic hydroxyl groups is 1. The number of ether oxygens (including phenoxy) is 1. The van der Waals surface area contributed by atoms with Gasteiger partial charge in [-0.15, -0.1) is 0 Å². The van der Waals surface area contributed by atoms with Crippen molar-refractivity contribution in [2.75, 3.05) is 0 Å². The van der Waals surface area contributed by atoms with Gasteiger partial charge in [0.05, 0.1) is 18.8 Å². The minimum absolute atomic E-state index is 0.128. The molecular formula is C25H42O4. The van der Waals surface area contributed by atoms with Gasteiger partial charge in [0.2, 0.25) is 0 Å². The van der Waals surface area contributed by atoms with Crippen LogP contribution in [0, 0.1) is 0 Å². The second-order valence-electron chi connectivity index (χ2n) is 8.20. The molecule has 2 unspecified atom stereocenters. The van der Waals surface area contributed by atoms with E-state index < -0.39 is 12.1 Å². The van der Waals surface area contributed by atoms with Crippen LogP contribution in [0.1, 0.15) is 102 Å². The molecule has 1 aromatic carbocycles. The first-order valence-electron chi connectivity index (χ1n) is 11.7. The predicted molar refractivity (Wildman–Crippen MR) is 119 cm³/mol. The first-order chi connectivity index (χ1) is 14.1. The quantitative estimate of drug-likeness (QED) is 0.257. The molecule has 0 aromatic heterocycles. The van der Waals surface area contributed by atoms with Gasteiger partial charge in [-0.05, 0) is 37.7 Å². The summed E-state index contributed by atoms with van der Waals surface area (Å²) < 4.78 is 6.18. The molecule has 4 heteroatoms. The molecule has 0 saturated heterocycles. The molecule has 0 spiro atoms. The van der Waals surface area contributed by atoms with Crippen molar-refractivity contribution < 1.29 is 19.7 Å². The van der Waals surface area contributed by atoms with Crippen molar-refractivity contribution in [2.45, 2.75) is 116 Å². The summed E-state index contributed by atoms with van der Waals surface area (Å²) in [4.78, 5) is 10.6. The Balaban J connectivity index is 2.29. The summed E-state index contributed by atoms with van der Waals surface area (Å²) in [5.74, 6) is -0.795. The zero-order valence-electron chi connectivity index (χ0n) is 18.4.